The predicted molar refractivity (Wildman–Crippen MR) is 81.7 cm³/mol. The summed E-state index contributed by atoms with van der Waals surface area (Å²) < 4.78 is 23.7. The summed E-state index contributed by atoms with van der Waals surface area (Å²) in [5.41, 5.74) is 1.45. The van der Waals surface area contributed by atoms with Crippen LogP contribution in [0.3, 0.4) is 0 Å². The molecule has 2 aliphatic rings. The van der Waals surface area contributed by atoms with Crippen molar-refractivity contribution in [1.29, 1.82) is 0 Å². The lowest BCUT2D eigenvalue weighted by Gasteiger charge is -2.32. The zero-order valence-electron chi connectivity index (χ0n) is 13.2. The highest BCUT2D eigenvalue weighted by molar-refractivity contribution is 6.62. The first kappa shape index (κ1) is 15.0. The van der Waals surface area contributed by atoms with Crippen LogP contribution >= 0.6 is 0 Å². The Balaban J connectivity index is 1.89. The first-order valence-corrected chi connectivity index (χ1v) is 7.54. The zero-order chi connectivity index (χ0) is 15.1. The molecule has 2 saturated heterocycles. The highest BCUT2D eigenvalue weighted by atomic mass is 16.7. The largest absolute Gasteiger partial charge is 0.495 e. The van der Waals surface area contributed by atoms with Crippen molar-refractivity contribution < 1.29 is 18.8 Å². The molecule has 2 fully saturated rings. The van der Waals surface area contributed by atoms with Crippen LogP contribution in [0.25, 0.3) is 0 Å². The fourth-order valence-corrected chi connectivity index (χ4v) is 2.66. The molecule has 0 amide bonds. The third-order valence-corrected chi connectivity index (χ3v) is 4.67. The first-order valence-electron chi connectivity index (χ1n) is 7.54. The second kappa shape index (κ2) is 5.40. The summed E-state index contributed by atoms with van der Waals surface area (Å²) in [6.45, 7) is 10.1. The van der Waals surface area contributed by atoms with Gasteiger partial charge in [-0.15, -0.1) is 0 Å². The number of benzene rings is 1. The minimum absolute atomic E-state index is 0.0472. The lowest BCUT2D eigenvalue weighted by Crippen LogP contribution is -2.41. The van der Waals surface area contributed by atoms with E-state index in [1.165, 1.54) is 0 Å². The van der Waals surface area contributed by atoms with Crippen LogP contribution < -0.4 is 5.46 Å². The molecule has 0 radical (unpaired) electrons. The van der Waals surface area contributed by atoms with Gasteiger partial charge in [0.15, 0.2) is 0 Å². The molecule has 1 aromatic carbocycles. The van der Waals surface area contributed by atoms with Crippen molar-refractivity contribution in [3.63, 3.8) is 0 Å². The Morgan fingerprint density at radius 1 is 1.00 bits per heavy atom. The standard InChI is InChI=1S/C16H23BO4/c1-15(2)16(3,4)21-17(20-15)13-8-6-5-7-12(13)14-11-18-9-10-19-14/h5-8,14H,9-11H2,1-4H3/t14-/m1/s1. The SMILES string of the molecule is CC1(C)OB(c2ccccc2[C@H]2COCCO2)OC1(C)C. The fraction of sp³-hybridized carbons (Fsp3) is 0.625. The lowest BCUT2D eigenvalue weighted by atomic mass is 9.74. The van der Waals surface area contributed by atoms with E-state index in [1.54, 1.807) is 0 Å². The van der Waals surface area contributed by atoms with Crippen LogP contribution in [-0.4, -0.2) is 38.1 Å². The molecule has 0 unspecified atom stereocenters. The average molecular weight is 290 g/mol. The van der Waals surface area contributed by atoms with E-state index in [4.69, 9.17) is 18.8 Å². The Morgan fingerprint density at radius 3 is 2.29 bits per heavy atom. The number of rotatable bonds is 2. The smallest absolute Gasteiger partial charge is 0.399 e. The van der Waals surface area contributed by atoms with Crippen LogP contribution in [0.5, 0.6) is 0 Å². The summed E-state index contributed by atoms with van der Waals surface area (Å²) in [5.74, 6) is 0. The average Bonchev–Trinajstić information content (AvgIpc) is 2.68. The van der Waals surface area contributed by atoms with Crippen molar-refractivity contribution in [2.24, 2.45) is 0 Å². The summed E-state index contributed by atoms with van der Waals surface area (Å²) in [6, 6.07) is 8.14. The topological polar surface area (TPSA) is 36.9 Å². The number of hydrogen-bond acceptors (Lipinski definition) is 4. The van der Waals surface area contributed by atoms with Crippen molar-refractivity contribution in [2.75, 3.05) is 19.8 Å². The molecule has 1 aromatic rings. The maximum absolute atomic E-state index is 6.16. The molecule has 0 N–H and O–H groups in total. The van der Waals surface area contributed by atoms with Crippen LogP contribution in [-0.2, 0) is 18.8 Å². The van der Waals surface area contributed by atoms with E-state index in [1.807, 2.05) is 12.1 Å². The Labute approximate surface area is 126 Å². The van der Waals surface area contributed by atoms with Gasteiger partial charge in [0.2, 0.25) is 0 Å². The molecule has 0 spiro atoms. The third-order valence-electron chi connectivity index (χ3n) is 4.67. The highest BCUT2D eigenvalue weighted by Crippen LogP contribution is 2.37. The van der Waals surface area contributed by atoms with Crippen LogP contribution in [0.4, 0.5) is 0 Å². The van der Waals surface area contributed by atoms with Crippen molar-refractivity contribution >= 4 is 12.6 Å². The van der Waals surface area contributed by atoms with Crippen LogP contribution in [0.1, 0.15) is 39.4 Å². The summed E-state index contributed by atoms with van der Waals surface area (Å²) in [7, 11) is -0.364. The maximum atomic E-state index is 6.16. The molecular weight excluding hydrogens is 267 g/mol. The van der Waals surface area contributed by atoms with Gasteiger partial charge in [-0.1, -0.05) is 24.3 Å². The van der Waals surface area contributed by atoms with E-state index >= 15 is 0 Å². The first-order chi connectivity index (χ1) is 9.91. The van der Waals surface area contributed by atoms with Crippen molar-refractivity contribution in [3.8, 4) is 0 Å². The van der Waals surface area contributed by atoms with Crippen LogP contribution in [0.2, 0.25) is 0 Å². The van der Waals surface area contributed by atoms with E-state index in [0.29, 0.717) is 19.8 Å². The molecule has 5 heteroatoms. The molecule has 1 atom stereocenters. The molecule has 0 bridgehead atoms. The van der Waals surface area contributed by atoms with Gasteiger partial charge in [-0.2, -0.15) is 0 Å². The molecule has 3 rings (SSSR count). The molecule has 2 aliphatic heterocycles. The van der Waals surface area contributed by atoms with E-state index in [-0.39, 0.29) is 24.4 Å². The molecule has 4 nitrogen and oxygen atoms in total. The van der Waals surface area contributed by atoms with Gasteiger partial charge in [0.25, 0.3) is 0 Å². The Hall–Kier alpha value is -0.875. The van der Waals surface area contributed by atoms with Gasteiger partial charge in [0, 0.05) is 0 Å². The molecule has 0 saturated carbocycles. The molecule has 0 aliphatic carbocycles. The minimum Gasteiger partial charge on any atom is -0.399 e. The number of ether oxygens (including phenoxy) is 2. The predicted octanol–water partition coefficient (Wildman–Crippen LogP) is 2.07. The van der Waals surface area contributed by atoms with Gasteiger partial charge in [-0.3, -0.25) is 0 Å². The summed E-state index contributed by atoms with van der Waals surface area (Å²) in [6.07, 6.45) is -0.0472. The summed E-state index contributed by atoms with van der Waals surface area (Å²) in [5, 5.41) is 0. The monoisotopic (exact) mass is 290 g/mol. The normalized spacial score (nSPS) is 27.8. The molecule has 114 valence electrons. The maximum Gasteiger partial charge on any atom is 0.495 e. The quantitative estimate of drug-likeness (QED) is 0.781. The van der Waals surface area contributed by atoms with Gasteiger partial charge in [-0.05, 0) is 38.7 Å². The highest BCUT2D eigenvalue weighted by Gasteiger charge is 2.52. The van der Waals surface area contributed by atoms with Crippen molar-refractivity contribution in [1.82, 2.24) is 0 Å². The molecule has 0 aromatic heterocycles. The van der Waals surface area contributed by atoms with E-state index < -0.39 is 0 Å². The third kappa shape index (κ3) is 2.75. The van der Waals surface area contributed by atoms with Gasteiger partial charge < -0.3 is 18.8 Å². The Bertz CT molecular complexity index is 493. The Kier molecular flexibility index (Phi) is 3.86. The van der Waals surface area contributed by atoms with E-state index in [2.05, 4.69) is 39.8 Å². The summed E-state index contributed by atoms with van der Waals surface area (Å²) in [4.78, 5) is 0. The molecule has 2 heterocycles. The summed E-state index contributed by atoms with van der Waals surface area (Å²) >= 11 is 0. The van der Waals surface area contributed by atoms with Crippen molar-refractivity contribution in [2.45, 2.75) is 45.0 Å². The van der Waals surface area contributed by atoms with E-state index in [0.717, 1.165) is 11.0 Å². The van der Waals surface area contributed by atoms with Crippen LogP contribution in [0.15, 0.2) is 24.3 Å². The molecule has 21 heavy (non-hydrogen) atoms. The van der Waals surface area contributed by atoms with Gasteiger partial charge in [-0.25, -0.2) is 0 Å². The second-order valence-corrected chi connectivity index (χ2v) is 6.65. The van der Waals surface area contributed by atoms with Gasteiger partial charge in [0.05, 0.1) is 31.0 Å². The number of hydrogen-bond donors (Lipinski definition) is 0. The van der Waals surface area contributed by atoms with Gasteiger partial charge >= 0.3 is 7.12 Å². The van der Waals surface area contributed by atoms with Gasteiger partial charge in [0.1, 0.15) is 6.10 Å². The molecular formula is C16H23BO4. The fourth-order valence-electron chi connectivity index (χ4n) is 2.66. The van der Waals surface area contributed by atoms with Crippen LogP contribution in [0, 0.1) is 0 Å². The minimum atomic E-state index is -0.364. The lowest BCUT2D eigenvalue weighted by molar-refractivity contribution is -0.0898. The Morgan fingerprint density at radius 2 is 1.67 bits per heavy atom. The zero-order valence-corrected chi connectivity index (χ0v) is 13.2. The van der Waals surface area contributed by atoms with Crippen molar-refractivity contribution in [3.05, 3.63) is 29.8 Å². The second-order valence-electron chi connectivity index (χ2n) is 6.65. The van der Waals surface area contributed by atoms with E-state index in [9.17, 15) is 0 Å².